The molecule has 146 valence electrons. The Morgan fingerprint density at radius 2 is 1.96 bits per heavy atom. The van der Waals surface area contributed by atoms with Crippen LogP contribution in [-0.4, -0.2) is 60.5 Å². The van der Waals surface area contributed by atoms with Crippen molar-refractivity contribution in [3.05, 3.63) is 60.2 Å². The molecule has 0 saturated carbocycles. The number of hydrogen-bond donors (Lipinski definition) is 2. The van der Waals surface area contributed by atoms with Gasteiger partial charge in [0.2, 0.25) is 5.91 Å². The van der Waals surface area contributed by atoms with Gasteiger partial charge in [-0.1, -0.05) is 36.4 Å². The van der Waals surface area contributed by atoms with E-state index in [9.17, 15) is 9.59 Å². The van der Waals surface area contributed by atoms with Gasteiger partial charge in [-0.3, -0.25) is 9.69 Å². The van der Waals surface area contributed by atoms with E-state index in [1.807, 2.05) is 54.6 Å². The van der Waals surface area contributed by atoms with Gasteiger partial charge in [0.1, 0.15) is 18.4 Å². The molecule has 2 fully saturated rings. The van der Waals surface area contributed by atoms with Gasteiger partial charge in [-0.05, 0) is 17.7 Å². The van der Waals surface area contributed by atoms with E-state index in [0.717, 1.165) is 12.1 Å². The van der Waals surface area contributed by atoms with Crippen LogP contribution in [0.3, 0.4) is 0 Å². The van der Waals surface area contributed by atoms with Gasteiger partial charge < -0.3 is 20.3 Å². The van der Waals surface area contributed by atoms with Crippen molar-refractivity contribution in [3.8, 4) is 5.75 Å². The minimum Gasteiger partial charge on any atom is -0.489 e. The molecular weight excluding hydrogens is 356 g/mol. The number of amides is 3. The first-order valence-electron chi connectivity index (χ1n) is 9.53. The van der Waals surface area contributed by atoms with Crippen molar-refractivity contribution in [3.63, 3.8) is 0 Å². The Kier molecular flexibility index (Phi) is 5.43. The fraction of sp³-hybridized carbons (Fsp3) is 0.333. The van der Waals surface area contributed by atoms with Crippen LogP contribution in [0, 0.1) is 0 Å². The Labute approximate surface area is 164 Å². The molecule has 1 atom stereocenters. The summed E-state index contributed by atoms with van der Waals surface area (Å²) >= 11 is 0. The Bertz CT molecular complexity index is 843. The van der Waals surface area contributed by atoms with E-state index in [2.05, 4.69) is 15.5 Å². The summed E-state index contributed by atoms with van der Waals surface area (Å²) in [7, 11) is 0. The summed E-state index contributed by atoms with van der Waals surface area (Å²) in [6.07, 6.45) is 0. The van der Waals surface area contributed by atoms with E-state index in [1.165, 1.54) is 0 Å². The van der Waals surface area contributed by atoms with Gasteiger partial charge >= 0.3 is 6.03 Å². The molecule has 2 aromatic rings. The van der Waals surface area contributed by atoms with E-state index in [1.54, 1.807) is 4.90 Å². The SMILES string of the molecule is O=C1NCCN2CCN(C(=O)Nc3cccc(OCc4ccccc4)c3)CC12. The summed E-state index contributed by atoms with van der Waals surface area (Å²) in [5.74, 6) is 0.693. The van der Waals surface area contributed by atoms with Gasteiger partial charge in [-0.2, -0.15) is 0 Å². The van der Waals surface area contributed by atoms with Crippen molar-refractivity contribution < 1.29 is 14.3 Å². The van der Waals surface area contributed by atoms with E-state index >= 15 is 0 Å². The largest absolute Gasteiger partial charge is 0.489 e. The lowest BCUT2D eigenvalue weighted by atomic mass is 10.1. The Morgan fingerprint density at radius 3 is 2.82 bits per heavy atom. The molecule has 2 saturated heterocycles. The third kappa shape index (κ3) is 4.26. The second-order valence-electron chi connectivity index (χ2n) is 7.02. The minimum atomic E-state index is -0.256. The maximum absolute atomic E-state index is 12.7. The van der Waals surface area contributed by atoms with Crippen LogP contribution in [-0.2, 0) is 11.4 Å². The van der Waals surface area contributed by atoms with E-state index in [0.29, 0.717) is 44.2 Å². The van der Waals surface area contributed by atoms with Gasteiger partial charge in [0.05, 0.1) is 0 Å². The van der Waals surface area contributed by atoms with Gasteiger partial charge in [0, 0.05) is 44.5 Å². The number of hydrogen-bond acceptors (Lipinski definition) is 4. The molecule has 3 amide bonds. The molecule has 0 aromatic heterocycles. The molecule has 0 radical (unpaired) electrons. The molecule has 4 rings (SSSR count). The highest BCUT2D eigenvalue weighted by Crippen LogP contribution is 2.20. The third-order valence-electron chi connectivity index (χ3n) is 5.11. The zero-order chi connectivity index (χ0) is 19.3. The first-order chi connectivity index (χ1) is 13.7. The number of carbonyl (C=O) groups is 2. The Morgan fingerprint density at radius 1 is 1.11 bits per heavy atom. The molecule has 2 aliphatic heterocycles. The lowest BCUT2D eigenvalue weighted by Gasteiger charge is -2.42. The molecule has 2 aliphatic rings. The fourth-order valence-corrected chi connectivity index (χ4v) is 3.57. The number of ether oxygens (including phenoxy) is 1. The zero-order valence-electron chi connectivity index (χ0n) is 15.6. The molecule has 2 N–H and O–H groups in total. The number of anilines is 1. The first-order valence-corrected chi connectivity index (χ1v) is 9.53. The van der Waals surface area contributed by atoms with Crippen LogP contribution in [0.25, 0.3) is 0 Å². The normalized spacial score (nSPS) is 19.5. The summed E-state index contributed by atoms with van der Waals surface area (Å²) in [6, 6.07) is 16.8. The first kappa shape index (κ1) is 18.3. The van der Waals surface area contributed by atoms with Crippen molar-refractivity contribution >= 4 is 17.6 Å². The molecule has 28 heavy (non-hydrogen) atoms. The highest BCUT2D eigenvalue weighted by molar-refractivity contribution is 5.91. The minimum absolute atomic E-state index is 0.0000549. The number of benzene rings is 2. The number of fused-ring (bicyclic) bond motifs is 1. The van der Waals surface area contributed by atoms with Crippen LogP contribution in [0.5, 0.6) is 5.75 Å². The summed E-state index contributed by atoms with van der Waals surface area (Å²) in [4.78, 5) is 28.6. The smallest absolute Gasteiger partial charge is 0.321 e. The Hall–Kier alpha value is -3.06. The topological polar surface area (TPSA) is 73.9 Å². The molecule has 1 unspecified atom stereocenters. The number of piperazine rings is 2. The van der Waals surface area contributed by atoms with E-state index in [-0.39, 0.29) is 18.0 Å². The zero-order valence-corrected chi connectivity index (χ0v) is 15.6. The predicted octanol–water partition coefficient (Wildman–Crippen LogP) is 1.91. The van der Waals surface area contributed by atoms with E-state index < -0.39 is 0 Å². The molecule has 7 heteroatoms. The predicted molar refractivity (Wildman–Crippen MR) is 106 cm³/mol. The average Bonchev–Trinajstić information content (AvgIpc) is 2.73. The number of urea groups is 1. The molecule has 2 heterocycles. The number of nitrogens with one attached hydrogen (secondary N) is 2. The van der Waals surface area contributed by atoms with Crippen LogP contribution in [0.1, 0.15) is 5.56 Å². The van der Waals surface area contributed by atoms with Gasteiger partial charge in [-0.15, -0.1) is 0 Å². The molecule has 2 aromatic carbocycles. The van der Waals surface area contributed by atoms with Gasteiger partial charge in [0.25, 0.3) is 0 Å². The summed E-state index contributed by atoms with van der Waals surface area (Å²) in [5, 5.41) is 5.79. The summed E-state index contributed by atoms with van der Waals surface area (Å²) < 4.78 is 5.82. The van der Waals surface area contributed by atoms with Crippen LogP contribution < -0.4 is 15.4 Å². The molecule has 0 spiro atoms. The van der Waals surface area contributed by atoms with Crippen molar-refractivity contribution in [2.24, 2.45) is 0 Å². The maximum atomic E-state index is 12.7. The molecular formula is C21H24N4O3. The average molecular weight is 380 g/mol. The highest BCUT2D eigenvalue weighted by atomic mass is 16.5. The lowest BCUT2D eigenvalue weighted by Crippen LogP contribution is -2.64. The molecule has 0 aliphatic carbocycles. The van der Waals surface area contributed by atoms with Crippen molar-refractivity contribution in [2.75, 3.05) is 38.0 Å². The standard InChI is InChI=1S/C21H24N4O3/c26-20-19-14-25(12-11-24(19)10-9-22-20)21(27)23-17-7-4-8-18(13-17)28-15-16-5-2-1-3-6-16/h1-8,13,19H,9-12,14-15H2,(H,22,26)(H,23,27). The summed E-state index contributed by atoms with van der Waals surface area (Å²) in [5.41, 5.74) is 1.76. The number of rotatable bonds is 4. The van der Waals surface area contributed by atoms with Crippen LogP contribution in [0.2, 0.25) is 0 Å². The number of carbonyl (C=O) groups excluding carboxylic acids is 2. The van der Waals surface area contributed by atoms with Crippen molar-refractivity contribution in [1.29, 1.82) is 0 Å². The quantitative estimate of drug-likeness (QED) is 0.850. The summed E-state index contributed by atoms with van der Waals surface area (Å²) in [6.45, 7) is 3.72. The fourth-order valence-electron chi connectivity index (χ4n) is 3.57. The highest BCUT2D eigenvalue weighted by Gasteiger charge is 2.36. The van der Waals surface area contributed by atoms with Crippen LogP contribution in [0.15, 0.2) is 54.6 Å². The van der Waals surface area contributed by atoms with Crippen molar-refractivity contribution in [2.45, 2.75) is 12.6 Å². The second-order valence-corrected chi connectivity index (χ2v) is 7.02. The third-order valence-corrected chi connectivity index (χ3v) is 5.11. The van der Waals surface area contributed by atoms with Gasteiger partial charge in [-0.25, -0.2) is 4.79 Å². The molecule has 0 bridgehead atoms. The monoisotopic (exact) mass is 380 g/mol. The number of nitrogens with zero attached hydrogens (tertiary/aromatic N) is 2. The lowest BCUT2D eigenvalue weighted by molar-refractivity contribution is -0.131. The van der Waals surface area contributed by atoms with Crippen LogP contribution in [0.4, 0.5) is 10.5 Å². The van der Waals surface area contributed by atoms with Crippen LogP contribution >= 0.6 is 0 Å². The van der Waals surface area contributed by atoms with E-state index in [4.69, 9.17) is 4.74 Å². The van der Waals surface area contributed by atoms with Gasteiger partial charge in [0.15, 0.2) is 0 Å². The molecule has 7 nitrogen and oxygen atoms in total. The Balaban J connectivity index is 1.35. The van der Waals surface area contributed by atoms with Crippen molar-refractivity contribution in [1.82, 2.24) is 15.1 Å². The second kappa shape index (κ2) is 8.31. The maximum Gasteiger partial charge on any atom is 0.321 e.